The number of amides is 1. The molecule has 0 aliphatic heterocycles. The third-order valence-electron chi connectivity index (χ3n) is 2.02. The summed E-state index contributed by atoms with van der Waals surface area (Å²) in [5.74, 6) is -0.622. The molecule has 0 unspecified atom stereocenters. The molecule has 112 valence electrons. The number of halogens is 4. The van der Waals surface area contributed by atoms with Crippen LogP contribution in [0.4, 0.5) is 17.6 Å². The van der Waals surface area contributed by atoms with Crippen molar-refractivity contribution in [3.8, 4) is 5.75 Å². The molecule has 0 aromatic heterocycles. The maximum Gasteiger partial charge on any atom is 0.411 e. The van der Waals surface area contributed by atoms with E-state index in [9.17, 15) is 22.4 Å². The number of carbonyl (C=O) groups is 1. The molecule has 4 nitrogen and oxygen atoms in total. The van der Waals surface area contributed by atoms with Gasteiger partial charge in [-0.1, -0.05) is 0 Å². The van der Waals surface area contributed by atoms with Crippen molar-refractivity contribution >= 4 is 5.91 Å². The van der Waals surface area contributed by atoms with Gasteiger partial charge in [0.05, 0.1) is 6.61 Å². The monoisotopic (exact) mass is 295 g/mol. The molecule has 1 aromatic rings. The zero-order chi connectivity index (χ0) is 15.0. The fourth-order valence-electron chi connectivity index (χ4n) is 1.18. The van der Waals surface area contributed by atoms with Crippen molar-refractivity contribution in [3.63, 3.8) is 0 Å². The average molecular weight is 295 g/mol. The number of nitrogens with one attached hydrogen (secondary N) is 1. The van der Waals surface area contributed by atoms with Crippen LogP contribution < -0.4 is 10.1 Å². The van der Waals surface area contributed by atoms with Gasteiger partial charge in [-0.05, 0) is 24.3 Å². The summed E-state index contributed by atoms with van der Waals surface area (Å²) in [5.41, 5.74) is 0. The van der Waals surface area contributed by atoms with E-state index < -0.39 is 24.5 Å². The molecule has 0 saturated heterocycles. The first-order chi connectivity index (χ1) is 9.37. The molecule has 1 amide bonds. The van der Waals surface area contributed by atoms with Gasteiger partial charge in [-0.2, -0.15) is 13.2 Å². The number of alkyl halides is 3. The van der Waals surface area contributed by atoms with E-state index in [1.54, 1.807) is 0 Å². The van der Waals surface area contributed by atoms with E-state index >= 15 is 0 Å². The smallest absolute Gasteiger partial charge is 0.411 e. The lowest BCUT2D eigenvalue weighted by molar-refractivity contribution is -0.173. The molecule has 0 heterocycles. The highest BCUT2D eigenvalue weighted by atomic mass is 19.4. The van der Waals surface area contributed by atoms with E-state index in [-0.39, 0.29) is 19.8 Å². The Kier molecular flexibility index (Phi) is 6.23. The molecular weight excluding hydrogens is 282 g/mol. The van der Waals surface area contributed by atoms with Crippen LogP contribution in [-0.4, -0.2) is 38.4 Å². The maximum atomic E-state index is 12.6. The van der Waals surface area contributed by atoms with Crippen LogP contribution in [0, 0.1) is 5.82 Å². The van der Waals surface area contributed by atoms with E-state index in [2.05, 4.69) is 10.1 Å². The first-order valence-corrected chi connectivity index (χ1v) is 5.66. The minimum absolute atomic E-state index is 0.0539. The van der Waals surface area contributed by atoms with E-state index in [1.807, 2.05) is 0 Å². The van der Waals surface area contributed by atoms with Crippen molar-refractivity contribution in [1.29, 1.82) is 0 Å². The SMILES string of the molecule is O=C(COc1ccc(F)cc1)NCCOCC(F)(F)F. The summed E-state index contributed by atoms with van der Waals surface area (Å²) in [7, 11) is 0. The second-order valence-corrected chi connectivity index (χ2v) is 3.76. The average Bonchev–Trinajstić information content (AvgIpc) is 2.36. The van der Waals surface area contributed by atoms with Gasteiger partial charge in [0, 0.05) is 6.54 Å². The maximum absolute atomic E-state index is 12.6. The van der Waals surface area contributed by atoms with E-state index in [0.29, 0.717) is 5.75 Å². The van der Waals surface area contributed by atoms with Crippen LogP contribution in [0.25, 0.3) is 0 Å². The van der Waals surface area contributed by atoms with Gasteiger partial charge in [-0.3, -0.25) is 4.79 Å². The van der Waals surface area contributed by atoms with E-state index in [4.69, 9.17) is 4.74 Å². The van der Waals surface area contributed by atoms with Crippen LogP contribution in [-0.2, 0) is 9.53 Å². The molecule has 0 saturated carbocycles. The molecule has 0 radical (unpaired) electrons. The largest absolute Gasteiger partial charge is 0.484 e. The summed E-state index contributed by atoms with van der Waals surface area (Å²) >= 11 is 0. The Morgan fingerprint density at radius 3 is 2.45 bits per heavy atom. The van der Waals surface area contributed by atoms with E-state index in [0.717, 1.165) is 0 Å². The number of hydrogen-bond donors (Lipinski definition) is 1. The van der Waals surface area contributed by atoms with Gasteiger partial charge in [0.1, 0.15) is 18.2 Å². The molecule has 0 aliphatic rings. The minimum atomic E-state index is -4.38. The Balaban J connectivity index is 2.10. The first kappa shape index (κ1) is 16.2. The molecule has 20 heavy (non-hydrogen) atoms. The summed E-state index contributed by atoms with van der Waals surface area (Å²) in [6.45, 7) is -1.97. The number of ether oxygens (including phenoxy) is 2. The predicted molar refractivity (Wildman–Crippen MR) is 61.8 cm³/mol. The van der Waals surface area contributed by atoms with Gasteiger partial charge in [0.25, 0.3) is 5.91 Å². The van der Waals surface area contributed by atoms with Crippen molar-refractivity contribution in [2.24, 2.45) is 0 Å². The lowest BCUT2D eigenvalue weighted by atomic mass is 10.3. The van der Waals surface area contributed by atoms with Gasteiger partial charge in [-0.25, -0.2) is 4.39 Å². The third-order valence-corrected chi connectivity index (χ3v) is 2.02. The second-order valence-electron chi connectivity index (χ2n) is 3.76. The fraction of sp³-hybridized carbons (Fsp3) is 0.417. The Morgan fingerprint density at radius 2 is 1.85 bits per heavy atom. The topological polar surface area (TPSA) is 47.6 Å². The van der Waals surface area contributed by atoms with Crippen LogP contribution in [0.2, 0.25) is 0 Å². The summed E-state index contributed by atoms with van der Waals surface area (Å²) in [5, 5.41) is 2.32. The van der Waals surface area contributed by atoms with Crippen molar-refractivity contribution < 1.29 is 31.8 Å². The Hall–Kier alpha value is -1.83. The second kappa shape index (κ2) is 7.68. The Labute approximate surface area is 112 Å². The fourth-order valence-corrected chi connectivity index (χ4v) is 1.18. The zero-order valence-corrected chi connectivity index (χ0v) is 10.4. The molecule has 1 N–H and O–H groups in total. The van der Waals surface area contributed by atoms with Crippen molar-refractivity contribution in [1.82, 2.24) is 5.32 Å². The van der Waals surface area contributed by atoms with Crippen molar-refractivity contribution in [3.05, 3.63) is 30.1 Å². The van der Waals surface area contributed by atoms with Crippen LogP contribution in [0.1, 0.15) is 0 Å². The first-order valence-electron chi connectivity index (χ1n) is 5.66. The van der Waals surface area contributed by atoms with Crippen molar-refractivity contribution in [2.75, 3.05) is 26.4 Å². The molecule has 8 heteroatoms. The summed E-state index contributed by atoms with van der Waals surface area (Å²) < 4.78 is 57.1. The highest BCUT2D eigenvalue weighted by Gasteiger charge is 2.27. The predicted octanol–water partition coefficient (Wildman–Crippen LogP) is 1.90. The highest BCUT2D eigenvalue weighted by Crippen LogP contribution is 2.14. The Bertz CT molecular complexity index is 420. The minimum Gasteiger partial charge on any atom is -0.484 e. The molecule has 0 aliphatic carbocycles. The summed E-state index contributed by atoms with van der Waals surface area (Å²) in [6.07, 6.45) is -4.38. The normalized spacial score (nSPS) is 11.2. The zero-order valence-electron chi connectivity index (χ0n) is 10.4. The van der Waals surface area contributed by atoms with Gasteiger partial charge in [-0.15, -0.1) is 0 Å². The molecular formula is C12H13F4NO3. The Morgan fingerprint density at radius 1 is 1.20 bits per heavy atom. The van der Waals surface area contributed by atoms with Crippen LogP contribution in [0.5, 0.6) is 5.75 Å². The van der Waals surface area contributed by atoms with E-state index in [1.165, 1.54) is 24.3 Å². The number of benzene rings is 1. The standard InChI is InChI=1S/C12H13F4NO3/c13-9-1-3-10(4-2-9)20-7-11(18)17-5-6-19-8-12(14,15)16/h1-4H,5-8H2,(H,17,18). The lowest BCUT2D eigenvalue weighted by Crippen LogP contribution is -2.32. The van der Waals surface area contributed by atoms with Gasteiger partial charge in [0.2, 0.25) is 0 Å². The lowest BCUT2D eigenvalue weighted by Gasteiger charge is -2.09. The van der Waals surface area contributed by atoms with Crippen LogP contribution in [0.3, 0.4) is 0 Å². The van der Waals surface area contributed by atoms with Crippen LogP contribution in [0.15, 0.2) is 24.3 Å². The summed E-state index contributed by atoms with van der Waals surface area (Å²) in [4.78, 5) is 11.3. The molecule has 0 spiro atoms. The van der Waals surface area contributed by atoms with Gasteiger partial charge in [0.15, 0.2) is 6.61 Å². The van der Waals surface area contributed by atoms with Crippen molar-refractivity contribution in [2.45, 2.75) is 6.18 Å². The number of hydrogen-bond acceptors (Lipinski definition) is 3. The highest BCUT2D eigenvalue weighted by molar-refractivity contribution is 5.77. The van der Waals surface area contributed by atoms with Gasteiger partial charge >= 0.3 is 6.18 Å². The molecule has 0 bridgehead atoms. The molecule has 0 fully saturated rings. The molecule has 1 aromatic carbocycles. The number of rotatable bonds is 7. The molecule has 1 rings (SSSR count). The quantitative estimate of drug-likeness (QED) is 0.617. The summed E-state index contributed by atoms with van der Waals surface area (Å²) in [6, 6.07) is 5.07. The van der Waals surface area contributed by atoms with Gasteiger partial charge < -0.3 is 14.8 Å². The third kappa shape index (κ3) is 7.57. The van der Waals surface area contributed by atoms with Crippen LogP contribution >= 0.6 is 0 Å². The number of carbonyl (C=O) groups excluding carboxylic acids is 1. The molecule has 0 atom stereocenters.